The van der Waals surface area contributed by atoms with Crippen LogP contribution >= 0.6 is 24.0 Å². The Labute approximate surface area is 148 Å². The van der Waals surface area contributed by atoms with Crippen LogP contribution in [-0.4, -0.2) is 68.7 Å². The highest BCUT2D eigenvalue weighted by Gasteiger charge is 2.27. The average molecular weight is 427 g/mol. The number of urea groups is 1. The van der Waals surface area contributed by atoms with E-state index in [1.54, 1.807) is 0 Å². The molecule has 128 valence electrons. The first-order valence-corrected chi connectivity index (χ1v) is 7.37. The van der Waals surface area contributed by atoms with E-state index in [0.717, 1.165) is 13.0 Å². The molecule has 0 spiro atoms. The van der Waals surface area contributed by atoms with Gasteiger partial charge in [-0.3, -0.25) is 14.7 Å². The van der Waals surface area contributed by atoms with E-state index in [-0.39, 0.29) is 42.5 Å². The smallest absolute Gasteiger partial charge is 0.324 e. The number of hydrogen-bond donors (Lipinski definition) is 3. The highest BCUT2D eigenvalue weighted by molar-refractivity contribution is 14.0. The standard InChI is InChI=1S/C13H25N5O3.HI/c1-3-14-12(15-6-5-9-21-4-2)16-7-8-18-11(19)10-17-13(18)20;/h3-10H2,1-2H3,(H,17,20)(H2,14,15,16);1H. The molecule has 0 aromatic heterocycles. The quantitative estimate of drug-likeness (QED) is 0.160. The molecule has 0 aromatic carbocycles. The molecule has 0 bridgehead atoms. The summed E-state index contributed by atoms with van der Waals surface area (Å²) in [6.45, 7) is 7.66. The molecule has 0 aliphatic carbocycles. The maximum absolute atomic E-state index is 11.4. The topological polar surface area (TPSA) is 95.1 Å². The number of amides is 3. The highest BCUT2D eigenvalue weighted by atomic mass is 127. The largest absolute Gasteiger partial charge is 0.382 e. The van der Waals surface area contributed by atoms with Gasteiger partial charge in [-0.05, 0) is 20.3 Å². The maximum atomic E-state index is 11.4. The van der Waals surface area contributed by atoms with Crippen LogP contribution in [0.15, 0.2) is 4.99 Å². The molecule has 22 heavy (non-hydrogen) atoms. The first kappa shape index (κ1) is 20.9. The van der Waals surface area contributed by atoms with Gasteiger partial charge in [0.25, 0.3) is 0 Å². The number of guanidine groups is 1. The molecule has 9 heteroatoms. The van der Waals surface area contributed by atoms with Crippen LogP contribution in [-0.2, 0) is 9.53 Å². The number of rotatable bonds is 9. The van der Waals surface area contributed by atoms with E-state index in [9.17, 15) is 9.59 Å². The van der Waals surface area contributed by atoms with Crippen LogP contribution in [0.3, 0.4) is 0 Å². The Morgan fingerprint density at radius 3 is 2.73 bits per heavy atom. The van der Waals surface area contributed by atoms with Gasteiger partial charge in [0.1, 0.15) is 0 Å². The Morgan fingerprint density at radius 1 is 1.36 bits per heavy atom. The third-order valence-corrected chi connectivity index (χ3v) is 2.83. The van der Waals surface area contributed by atoms with E-state index in [1.807, 2.05) is 13.8 Å². The molecule has 1 aliphatic rings. The summed E-state index contributed by atoms with van der Waals surface area (Å²) in [5.74, 6) is 0.488. The fourth-order valence-corrected chi connectivity index (χ4v) is 1.81. The van der Waals surface area contributed by atoms with E-state index in [0.29, 0.717) is 38.8 Å². The second-order valence-corrected chi connectivity index (χ2v) is 4.44. The van der Waals surface area contributed by atoms with E-state index >= 15 is 0 Å². The van der Waals surface area contributed by atoms with Gasteiger partial charge in [-0.1, -0.05) is 0 Å². The number of nitrogens with zero attached hydrogens (tertiary/aromatic N) is 2. The van der Waals surface area contributed by atoms with Crippen molar-refractivity contribution >= 4 is 41.9 Å². The number of imide groups is 1. The number of aliphatic imine (C=N–C) groups is 1. The lowest BCUT2D eigenvalue weighted by Crippen LogP contribution is -2.43. The summed E-state index contributed by atoms with van der Waals surface area (Å²) in [6.07, 6.45) is 0.859. The number of ether oxygens (including phenoxy) is 1. The second-order valence-electron chi connectivity index (χ2n) is 4.44. The van der Waals surface area contributed by atoms with Crippen molar-refractivity contribution in [2.45, 2.75) is 20.3 Å². The molecule has 1 rings (SSSR count). The van der Waals surface area contributed by atoms with Crippen molar-refractivity contribution < 1.29 is 14.3 Å². The lowest BCUT2D eigenvalue weighted by atomic mass is 10.4. The van der Waals surface area contributed by atoms with Gasteiger partial charge in [-0.15, -0.1) is 24.0 Å². The van der Waals surface area contributed by atoms with Gasteiger partial charge in [0.05, 0.1) is 6.54 Å². The van der Waals surface area contributed by atoms with Crippen LogP contribution in [0.25, 0.3) is 0 Å². The molecule has 0 aromatic rings. The summed E-state index contributed by atoms with van der Waals surface area (Å²) in [7, 11) is 0. The molecular weight excluding hydrogens is 401 g/mol. The number of nitrogens with one attached hydrogen (secondary N) is 3. The van der Waals surface area contributed by atoms with Gasteiger partial charge in [-0.25, -0.2) is 4.79 Å². The lowest BCUT2D eigenvalue weighted by Gasteiger charge is -2.15. The van der Waals surface area contributed by atoms with Crippen molar-refractivity contribution in [3.63, 3.8) is 0 Å². The van der Waals surface area contributed by atoms with E-state index in [1.165, 1.54) is 4.90 Å². The fraction of sp³-hybridized carbons (Fsp3) is 0.769. The van der Waals surface area contributed by atoms with Crippen LogP contribution in [0.1, 0.15) is 20.3 Å². The molecule has 3 amide bonds. The molecule has 0 radical (unpaired) electrons. The number of carbonyl (C=O) groups is 2. The first-order valence-electron chi connectivity index (χ1n) is 7.37. The predicted molar refractivity (Wildman–Crippen MR) is 95.6 cm³/mol. The summed E-state index contributed by atoms with van der Waals surface area (Å²) in [4.78, 5) is 28.4. The minimum Gasteiger partial charge on any atom is -0.382 e. The lowest BCUT2D eigenvalue weighted by molar-refractivity contribution is -0.124. The summed E-state index contributed by atoms with van der Waals surface area (Å²) >= 11 is 0. The molecule has 0 unspecified atom stereocenters. The maximum Gasteiger partial charge on any atom is 0.324 e. The van der Waals surface area contributed by atoms with Gasteiger partial charge in [0, 0.05) is 39.4 Å². The van der Waals surface area contributed by atoms with Crippen molar-refractivity contribution in [1.29, 1.82) is 0 Å². The second kappa shape index (κ2) is 12.4. The van der Waals surface area contributed by atoms with Crippen LogP contribution in [0.5, 0.6) is 0 Å². The van der Waals surface area contributed by atoms with Crippen molar-refractivity contribution in [1.82, 2.24) is 20.9 Å². The summed E-state index contributed by atoms with van der Waals surface area (Å²) in [5.41, 5.74) is 0. The fourth-order valence-electron chi connectivity index (χ4n) is 1.81. The van der Waals surface area contributed by atoms with E-state index < -0.39 is 0 Å². The molecular formula is C13H26IN5O3. The van der Waals surface area contributed by atoms with Crippen molar-refractivity contribution in [3.8, 4) is 0 Å². The summed E-state index contributed by atoms with van der Waals surface area (Å²) < 4.78 is 5.25. The summed E-state index contributed by atoms with van der Waals surface area (Å²) in [5, 5.41) is 8.71. The van der Waals surface area contributed by atoms with Gasteiger partial charge >= 0.3 is 6.03 Å². The van der Waals surface area contributed by atoms with Gasteiger partial charge in [0.2, 0.25) is 5.91 Å². The van der Waals surface area contributed by atoms with Crippen molar-refractivity contribution in [3.05, 3.63) is 0 Å². The monoisotopic (exact) mass is 427 g/mol. The molecule has 0 saturated carbocycles. The molecule has 8 nitrogen and oxygen atoms in total. The van der Waals surface area contributed by atoms with Gasteiger partial charge in [-0.2, -0.15) is 0 Å². The number of carbonyl (C=O) groups excluding carboxylic acids is 2. The summed E-state index contributed by atoms with van der Waals surface area (Å²) in [6, 6.07) is -0.333. The number of hydrogen-bond acceptors (Lipinski definition) is 4. The molecule has 1 aliphatic heterocycles. The van der Waals surface area contributed by atoms with Crippen molar-refractivity contribution in [2.24, 2.45) is 4.99 Å². The van der Waals surface area contributed by atoms with Gasteiger partial charge < -0.3 is 20.7 Å². The molecule has 1 saturated heterocycles. The minimum absolute atomic E-state index is 0. The first-order chi connectivity index (χ1) is 10.2. The SMILES string of the molecule is CCNC(=NCCCOCC)NCCN1C(=O)CNC1=O.I. The van der Waals surface area contributed by atoms with Crippen LogP contribution < -0.4 is 16.0 Å². The zero-order valence-electron chi connectivity index (χ0n) is 13.2. The Bertz CT molecular complexity index is 363. The van der Waals surface area contributed by atoms with E-state index in [4.69, 9.17) is 4.74 Å². The third-order valence-electron chi connectivity index (χ3n) is 2.83. The highest BCUT2D eigenvalue weighted by Crippen LogP contribution is 1.96. The predicted octanol–water partition coefficient (Wildman–Crippen LogP) is 0.138. The zero-order valence-corrected chi connectivity index (χ0v) is 15.5. The zero-order chi connectivity index (χ0) is 15.5. The van der Waals surface area contributed by atoms with Gasteiger partial charge in [0.15, 0.2) is 5.96 Å². The van der Waals surface area contributed by atoms with Crippen molar-refractivity contribution in [2.75, 3.05) is 45.9 Å². The molecule has 1 fully saturated rings. The Hall–Kier alpha value is -1.10. The number of halogens is 1. The Morgan fingerprint density at radius 2 is 2.14 bits per heavy atom. The normalized spacial score (nSPS) is 14.6. The minimum atomic E-state index is -0.333. The van der Waals surface area contributed by atoms with E-state index in [2.05, 4.69) is 20.9 Å². The average Bonchev–Trinajstić information content (AvgIpc) is 2.78. The Kier molecular flexibility index (Phi) is 11.8. The molecule has 0 atom stereocenters. The van der Waals surface area contributed by atoms with Crippen LogP contribution in [0.4, 0.5) is 4.79 Å². The molecule has 3 N–H and O–H groups in total. The van der Waals surface area contributed by atoms with Crippen LogP contribution in [0, 0.1) is 0 Å². The third kappa shape index (κ3) is 7.78. The molecule has 1 heterocycles. The Balaban J connectivity index is 0.00000441. The van der Waals surface area contributed by atoms with Crippen LogP contribution in [0.2, 0.25) is 0 Å².